The van der Waals surface area contributed by atoms with Gasteiger partial charge in [0, 0.05) is 134 Å². The highest BCUT2D eigenvalue weighted by atomic mass is 35.5. The van der Waals surface area contributed by atoms with Crippen LogP contribution in [-0.2, 0) is 13.1 Å². The van der Waals surface area contributed by atoms with E-state index in [0.717, 1.165) is 6.42 Å². The van der Waals surface area contributed by atoms with Gasteiger partial charge in [-0.15, -0.1) is 69.6 Å². The number of hydrogen-bond donors (Lipinski definition) is 0. The van der Waals surface area contributed by atoms with Crippen LogP contribution in [0.4, 0.5) is 30.2 Å². The molecular formula is C36H44Cl6F3N5. The lowest BCUT2D eigenvalue weighted by Crippen LogP contribution is -2.47. The summed E-state index contributed by atoms with van der Waals surface area (Å²) in [6.07, 6.45) is 0.131. The maximum Gasteiger partial charge on any atom is 0.131 e. The quantitative estimate of drug-likeness (QED) is 0.106. The highest BCUT2D eigenvalue weighted by Gasteiger charge is 2.34. The molecule has 0 N–H and O–H groups in total. The second-order valence-electron chi connectivity index (χ2n) is 12.0. The lowest BCUT2D eigenvalue weighted by Gasteiger charge is -2.44. The molecule has 1 fully saturated rings. The van der Waals surface area contributed by atoms with Crippen LogP contribution in [0.15, 0.2) is 54.6 Å². The molecule has 0 unspecified atom stereocenters. The van der Waals surface area contributed by atoms with Crippen LogP contribution in [0.2, 0.25) is 0 Å². The van der Waals surface area contributed by atoms with E-state index in [1.54, 1.807) is 18.2 Å². The van der Waals surface area contributed by atoms with E-state index in [1.165, 1.54) is 18.2 Å². The van der Waals surface area contributed by atoms with Gasteiger partial charge in [-0.2, -0.15) is 0 Å². The summed E-state index contributed by atoms with van der Waals surface area (Å²) < 4.78 is 47.8. The van der Waals surface area contributed by atoms with E-state index >= 15 is 13.2 Å². The van der Waals surface area contributed by atoms with E-state index in [-0.39, 0.29) is 24.7 Å². The van der Waals surface area contributed by atoms with Crippen molar-refractivity contribution in [3.8, 4) is 0 Å². The molecule has 0 amide bonds. The van der Waals surface area contributed by atoms with Gasteiger partial charge in [-0.25, -0.2) is 13.2 Å². The SMILES string of the molecule is Fc1cc(N(CCCl)CCCl)ccc1CN1CCCN(Cc2ccc(N(CCCl)CCCl)cc2F)C1c1ccc(N(CCCl)CCCl)cc1F. The standard InChI is InChI=1S/C36H44Cl6F3N5/c37-8-16-46(17-9-38)29-4-2-27(33(43)22-29)25-49-14-1-15-50(26-28-3-5-30(23-34(28)44)47(18-10-39)19-11-40)36(49)32-7-6-31(24-35(32)45)48(20-12-41)21-13-42/h2-7,22-24,36H,1,8-21,25-26H2. The summed E-state index contributed by atoms with van der Waals surface area (Å²) in [4.78, 5) is 9.93. The minimum Gasteiger partial charge on any atom is -0.369 e. The molecule has 0 saturated carbocycles. The molecule has 0 bridgehead atoms. The first kappa shape index (κ1) is 41.3. The van der Waals surface area contributed by atoms with Crippen LogP contribution in [0, 0.1) is 17.5 Å². The van der Waals surface area contributed by atoms with Crippen molar-refractivity contribution in [1.29, 1.82) is 0 Å². The Morgan fingerprint density at radius 1 is 0.500 bits per heavy atom. The molecule has 14 heteroatoms. The van der Waals surface area contributed by atoms with Crippen molar-refractivity contribution >= 4 is 86.7 Å². The van der Waals surface area contributed by atoms with E-state index < -0.39 is 12.0 Å². The van der Waals surface area contributed by atoms with Crippen molar-refractivity contribution in [2.75, 3.05) is 102 Å². The van der Waals surface area contributed by atoms with Crippen LogP contribution < -0.4 is 14.7 Å². The molecule has 1 aliphatic rings. The normalized spacial score (nSPS) is 14.3. The molecule has 3 aromatic rings. The highest BCUT2D eigenvalue weighted by Crippen LogP contribution is 2.36. The van der Waals surface area contributed by atoms with Gasteiger partial charge in [0.2, 0.25) is 0 Å². The van der Waals surface area contributed by atoms with Crippen LogP contribution in [0.25, 0.3) is 0 Å². The van der Waals surface area contributed by atoms with Crippen LogP contribution >= 0.6 is 69.6 Å². The molecule has 50 heavy (non-hydrogen) atoms. The average molecular weight is 816 g/mol. The van der Waals surface area contributed by atoms with Gasteiger partial charge in [0.15, 0.2) is 0 Å². The number of alkyl halides is 6. The Balaban J connectivity index is 1.69. The molecule has 0 spiro atoms. The number of anilines is 3. The fourth-order valence-corrected chi connectivity index (χ4v) is 7.71. The van der Waals surface area contributed by atoms with Crippen LogP contribution in [0.5, 0.6) is 0 Å². The lowest BCUT2D eigenvalue weighted by atomic mass is 10.0. The summed E-state index contributed by atoms with van der Waals surface area (Å²) in [5, 5.41) is 0. The molecule has 1 heterocycles. The number of rotatable bonds is 20. The Labute approximate surface area is 324 Å². The third-order valence-corrected chi connectivity index (χ3v) is 9.90. The van der Waals surface area contributed by atoms with Gasteiger partial charge in [-0.3, -0.25) is 9.80 Å². The first-order chi connectivity index (χ1) is 24.3. The Hall–Kier alpha value is -1.49. The molecule has 0 aromatic heterocycles. The molecule has 3 aromatic carbocycles. The van der Waals surface area contributed by atoms with Crippen LogP contribution in [0.1, 0.15) is 29.3 Å². The number of halogens is 9. The van der Waals surface area contributed by atoms with E-state index in [2.05, 4.69) is 9.80 Å². The summed E-state index contributed by atoms with van der Waals surface area (Å²) in [7, 11) is 0. The fourth-order valence-electron chi connectivity index (χ4n) is 6.48. The van der Waals surface area contributed by atoms with Crippen molar-refractivity contribution < 1.29 is 13.2 Å². The zero-order chi connectivity index (χ0) is 36.0. The Kier molecular flexibility index (Phi) is 17.6. The summed E-state index contributed by atoms with van der Waals surface area (Å²) in [6.45, 7) is 4.79. The first-order valence-corrected chi connectivity index (χ1v) is 19.9. The van der Waals surface area contributed by atoms with E-state index in [0.29, 0.717) is 121 Å². The second kappa shape index (κ2) is 21.3. The van der Waals surface area contributed by atoms with Gasteiger partial charge < -0.3 is 14.7 Å². The van der Waals surface area contributed by atoms with Gasteiger partial charge in [0.05, 0.1) is 6.17 Å². The minimum atomic E-state index is -0.599. The monoisotopic (exact) mass is 813 g/mol. The van der Waals surface area contributed by atoms with Crippen molar-refractivity contribution in [2.24, 2.45) is 0 Å². The van der Waals surface area contributed by atoms with Crippen molar-refractivity contribution in [3.63, 3.8) is 0 Å². The molecule has 5 nitrogen and oxygen atoms in total. The predicted molar refractivity (Wildman–Crippen MR) is 208 cm³/mol. The van der Waals surface area contributed by atoms with Gasteiger partial charge in [-0.05, 0) is 42.8 Å². The smallest absolute Gasteiger partial charge is 0.131 e. The summed E-state index contributed by atoms with van der Waals surface area (Å²) in [6, 6.07) is 15.4. The average Bonchev–Trinajstić information content (AvgIpc) is 3.10. The molecule has 0 aliphatic carbocycles. The van der Waals surface area contributed by atoms with E-state index in [9.17, 15) is 0 Å². The molecule has 0 radical (unpaired) electrons. The maximum atomic E-state index is 16.3. The third kappa shape index (κ3) is 11.0. The van der Waals surface area contributed by atoms with E-state index in [1.807, 2.05) is 32.9 Å². The molecule has 1 aliphatic heterocycles. The Morgan fingerprint density at radius 3 is 1.16 bits per heavy atom. The zero-order valence-electron chi connectivity index (χ0n) is 27.9. The van der Waals surface area contributed by atoms with Crippen LogP contribution in [0.3, 0.4) is 0 Å². The molecule has 0 atom stereocenters. The summed E-state index contributed by atoms with van der Waals surface area (Å²) in [5.74, 6) is 1.10. The summed E-state index contributed by atoms with van der Waals surface area (Å²) in [5.41, 5.74) is 3.42. The van der Waals surface area contributed by atoms with Gasteiger partial charge in [0.1, 0.15) is 17.5 Å². The van der Waals surface area contributed by atoms with Crippen molar-refractivity contribution in [1.82, 2.24) is 9.80 Å². The minimum absolute atomic E-state index is 0.220. The molecule has 4 rings (SSSR count). The maximum absolute atomic E-state index is 16.3. The molecule has 276 valence electrons. The number of hydrogen-bond acceptors (Lipinski definition) is 5. The predicted octanol–water partition coefficient (Wildman–Crippen LogP) is 9.36. The van der Waals surface area contributed by atoms with Crippen molar-refractivity contribution in [3.05, 3.63) is 88.7 Å². The van der Waals surface area contributed by atoms with Crippen molar-refractivity contribution in [2.45, 2.75) is 25.7 Å². The Morgan fingerprint density at radius 2 is 0.840 bits per heavy atom. The highest BCUT2D eigenvalue weighted by molar-refractivity contribution is 6.19. The fraction of sp³-hybridized carbons (Fsp3) is 0.500. The molecular weight excluding hydrogens is 772 g/mol. The number of benzene rings is 3. The first-order valence-electron chi connectivity index (χ1n) is 16.7. The number of nitrogens with zero attached hydrogens (tertiary/aromatic N) is 5. The third-order valence-electron chi connectivity index (χ3n) is 8.89. The molecule has 1 saturated heterocycles. The summed E-state index contributed by atoms with van der Waals surface area (Å²) >= 11 is 36.0. The largest absolute Gasteiger partial charge is 0.369 e. The van der Waals surface area contributed by atoms with E-state index in [4.69, 9.17) is 69.6 Å². The van der Waals surface area contributed by atoms with Gasteiger partial charge in [-0.1, -0.05) is 18.2 Å². The van der Waals surface area contributed by atoms with Gasteiger partial charge >= 0.3 is 0 Å². The zero-order valence-corrected chi connectivity index (χ0v) is 32.5. The van der Waals surface area contributed by atoms with Crippen LogP contribution in [-0.4, -0.2) is 97.4 Å². The van der Waals surface area contributed by atoms with Gasteiger partial charge in [0.25, 0.3) is 0 Å². The second-order valence-corrected chi connectivity index (χ2v) is 14.3. The Bertz CT molecular complexity index is 1400. The topological polar surface area (TPSA) is 16.2 Å². The lowest BCUT2D eigenvalue weighted by molar-refractivity contribution is -0.0122.